The van der Waals surface area contributed by atoms with Crippen molar-refractivity contribution in [2.45, 2.75) is 77.7 Å². The maximum atomic E-state index is 15.1. The van der Waals surface area contributed by atoms with Gasteiger partial charge in [0.25, 0.3) is 5.56 Å². The maximum absolute atomic E-state index is 15.1. The number of cyclic esters (lactones) is 1. The predicted molar refractivity (Wildman–Crippen MR) is 148 cm³/mol. The Morgan fingerprint density at radius 1 is 1.29 bits per heavy atom. The number of aryl methyl sites for hydroxylation is 1. The van der Waals surface area contributed by atoms with E-state index in [0.717, 1.165) is 22.1 Å². The van der Waals surface area contributed by atoms with Crippen LogP contribution in [0.1, 0.15) is 72.9 Å². The second kappa shape index (κ2) is 9.36. The Bertz CT molecular complexity index is 1780. The molecule has 2 aromatic heterocycles. The zero-order chi connectivity index (χ0) is 29.4. The minimum atomic E-state index is -1.76. The fraction of sp³-hybridized carbons (Fsp3) is 0.387. The Morgan fingerprint density at radius 3 is 2.71 bits per heavy atom. The van der Waals surface area contributed by atoms with Gasteiger partial charge in [-0.2, -0.15) is 0 Å². The first-order valence-corrected chi connectivity index (χ1v) is 13.7. The van der Waals surface area contributed by atoms with Crippen molar-refractivity contribution >= 4 is 28.7 Å². The molecule has 0 bridgehead atoms. The van der Waals surface area contributed by atoms with Crippen LogP contribution in [0.15, 0.2) is 29.6 Å². The summed E-state index contributed by atoms with van der Waals surface area (Å²) in [7, 11) is 0. The van der Waals surface area contributed by atoms with E-state index in [9.17, 15) is 19.2 Å². The summed E-state index contributed by atoms with van der Waals surface area (Å²) in [5.41, 5.74) is 2.90. The molecule has 0 fully saturated rings. The molecule has 3 aromatic rings. The average Bonchev–Trinajstić information content (AvgIpc) is 3.30. The fourth-order valence-electron chi connectivity index (χ4n) is 6.91. The van der Waals surface area contributed by atoms with Crippen LogP contribution in [-0.4, -0.2) is 33.4 Å². The molecule has 3 atom stereocenters. The lowest BCUT2D eigenvalue weighted by molar-refractivity contribution is -0.188. The third kappa shape index (κ3) is 3.76. The molecule has 212 valence electrons. The van der Waals surface area contributed by atoms with Gasteiger partial charge in [-0.05, 0) is 48.9 Å². The largest absolute Gasteiger partial charge is 0.457 e. The van der Waals surface area contributed by atoms with Gasteiger partial charge in [0.15, 0.2) is 0 Å². The number of nitrogens with zero attached hydrogens (tertiary/aromatic N) is 2. The van der Waals surface area contributed by atoms with E-state index in [-0.39, 0.29) is 53.9 Å². The molecule has 1 aromatic carbocycles. The number of benzene rings is 1. The number of rotatable bonds is 5. The fourth-order valence-corrected chi connectivity index (χ4v) is 6.91. The standard InChI is InChI=1S/C31H30FN3O6/c1-6-23(33-15(4)36)18-9-8-17-14(3)22(32)11-24-27(17)26(18)19-12-35-25(28(19)34-24)10-21-20(29(35)38)13-40-30(39)31(21,7-2)41-16(5)37/h6,10-11,18,23H,1,7-9,12-13H2,2-5H3,(H,33,36)/t18-,23-,31-/m0/s1. The molecule has 3 aliphatic rings. The number of carbonyl (C=O) groups is 3. The van der Waals surface area contributed by atoms with E-state index in [1.807, 2.05) is 0 Å². The van der Waals surface area contributed by atoms with Crippen LogP contribution in [0.5, 0.6) is 0 Å². The second-order valence-corrected chi connectivity index (χ2v) is 11.0. The molecule has 0 saturated heterocycles. The van der Waals surface area contributed by atoms with Crippen molar-refractivity contribution in [3.05, 3.63) is 74.3 Å². The normalized spacial score (nSPS) is 20.9. The van der Waals surface area contributed by atoms with E-state index in [0.29, 0.717) is 35.3 Å². The first kappa shape index (κ1) is 26.9. The van der Waals surface area contributed by atoms with Gasteiger partial charge in [0.2, 0.25) is 11.5 Å². The van der Waals surface area contributed by atoms with E-state index in [4.69, 9.17) is 14.5 Å². The molecule has 41 heavy (non-hydrogen) atoms. The summed E-state index contributed by atoms with van der Waals surface area (Å²) in [4.78, 5) is 56.0. The molecule has 1 N–H and O–H groups in total. The minimum Gasteiger partial charge on any atom is -0.457 e. The minimum absolute atomic E-state index is 0.0677. The summed E-state index contributed by atoms with van der Waals surface area (Å²) >= 11 is 0. The van der Waals surface area contributed by atoms with Crippen molar-refractivity contribution in [2.24, 2.45) is 0 Å². The summed E-state index contributed by atoms with van der Waals surface area (Å²) in [6.45, 7) is 10.0. The van der Waals surface area contributed by atoms with Gasteiger partial charge in [-0.3, -0.25) is 14.4 Å². The van der Waals surface area contributed by atoms with Crippen LogP contribution in [0, 0.1) is 12.7 Å². The van der Waals surface area contributed by atoms with Gasteiger partial charge >= 0.3 is 11.9 Å². The lowest BCUT2D eigenvalue weighted by atomic mass is 9.75. The van der Waals surface area contributed by atoms with Crippen LogP contribution < -0.4 is 10.9 Å². The van der Waals surface area contributed by atoms with Gasteiger partial charge in [0.1, 0.15) is 12.4 Å². The molecule has 0 spiro atoms. The number of carbonyl (C=O) groups excluding carboxylic acids is 3. The van der Waals surface area contributed by atoms with Crippen LogP contribution in [0.2, 0.25) is 0 Å². The summed E-state index contributed by atoms with van der Waals surface area (Å²) in [5.74, 6) is -2.17. The molecule has 10 heteroatoms. The van der Waals surface area contributed by atoms with Crippen molar-refractivity contribution in [1.29, 1.82) is 0 Å². The Kier molecular flexibility index (Phi) is 6.13. The van der Waals surface area contributed by atoms with E-state index in [2.05, 4.69) is 11.9 Å². The van der Waals surface area contributed by atoms with Crippen LogP contribution in [0.3, 0.4) is 0 Å². The molecule has 1 amide bonds. The monoisotopic (exact) mass is 559 g/mol. The van der Waals surface area contributed by atoms with E-state index >= 15 is 4.39 Å². The van der Waals surface area contributed by atoms with Crippen molar-refractivity contribution in [1.82, 2.24) is 14.9 Å². The SMILES string of the molecule is C=C[C@H](NC(C)=O)[C@@H]1CCc2c(C)c(F)cc3nc4c(c1c23)Cn1c-4cc2c(c1=O)COC(=O)[C@@]2(CC)OC(C)=O. The molecular weight excluding hydrogens is 529 g/mol. The highest BCUT2D eigenvalue weighted by Crippen LogP contribution is 2.48. The van der Waals surface area contributed by atoms with Crippen LogP contribution >= 0.6 is 0 Å². The molecule has 2 aliphatic heterocycles. The Balaban J connectivity index is 1.66. The van der Waals surface area contributed by atoms with Crippen molar-refractivity contribution in [3.63, 3.8) is 0 Å². The highest BCUT2D eigenvalue weighted by Gasteiger charge is 2.50. The Hall–Kier alpha value is -4.34. The van der Waals surface area contributed by atoms with Crippen LogP contribution in [0.25, 0.3) is 22.3 Å². The number of hydrogen-bond donors (Lipinski definition) is 1. The zero-order valence-corrected chi connectivity index (χ0v) is 23.4. The van der Waals surface area contributed by atoms with Gasteiger partial charge in [-0.25, -0.2) is 14.2 Å². The topological polar surface area (TPSA) is 117 Å². The number of halogens is 1. The maximum Gasteiger partial charge on any atom is 0.355 e. The van der Waals surface area contributed by atoms with Crippen molar-refractivity contribution < 1.29 is 28.2 Å². The van der Waals surface area contributed by atoms with Gasteiger partial charge in [0, 0.05) is 42.3 Å². The smallest absolute Gasteiger partial charge is 0.355 e. The molecular formula is C31H30FN3O6. The number of ether oxygens (including phenoxy) is 2. The quantitative estimate of drug-likeness (QED) is 0.292. The molecule has 9 nitrogen and oxygen atoms in total. The van der Waals surface area contributed by atoms with Crippen LogP contribution in [0.4, 0.5) is 4.39 Å². The first-order valence-electron chi connectivity index (χ1n) is 13.7. The van der Waals surface area contributed by atoms with Gasteiger partial charge in [-0.15, -0.1) is 6.58 Å². The van der Waals surface area contributed by atoms with Crippen molar-refractivity contribution in [2.75, 3.05) is 0 Å². The summed E-state index contributed by atoms with van der Waals surface area (Å²) < 4.78 is 27.6. The zero-order valence-electron chi connectivity index (χ0n) is 23.4. The summed E-state index contributed by atoms with van der Waals surface area (Å²) in [6.07, 6.45) is 3.01. The predicted octanol–water partition coefficient (Wildman–Crippen LogP) is 3.82. The van der Waals surface area contributed by atoms with E-state index in [1.165, 1.54) is 19.9 Å². The average molecular weight is 560 g/mol. The molecule has 1 aliphatic carbocycles. The van der Waals surface area contributed by atoms with Gasteiger partial charge < -0.3 is 19.4 Å². The molecule has 0 radical (unpaired) electrons. The number of esters is 2. The second-order valence-electron chi connectivity index (χ2n) is 11.0. The number of nitrogens with one attached hydrogen (secondary N) is 1. The lowest BCUT2D eigenvalue weighted by Gasteiger charge is -2.35. The third-order valence-electron chi connectivity index (χ3n) is 8.77. The summed E-state index contributed by atoms with van der Waals surface area (Å²) in [6, 6.07) is 2.70. The van der Waals surface area contributed by atoms with E-state index in [1.54, 1.807) is 30.6 Å². The highest BCUT2D eigenvalue weighted by molar-refractivity contribution is 5.94. The molecule has 4 heterocycles. The lowest BCUT2D eigenvalue weighted by Crippen LogP contribution is -2.47. The molecule has 0 saturated carbocycles. The number of aromatic nitrogens is 2. The Labute approximate surface area is 235 Å². The Morgan fingerprint density at radius 2 is 2.05 bits per heavy atom. The van der Waals surface area contributed by atoms with E-state index < -0.39 is 23.6 Å². The van der Waals surface area contributed by atoms with Crippen molar-refractivity contribution in [3.8, 4) is 11.4 Å². The molecule has 0 unspecified atom stereocenters. The number of hydrogen-bond acceptors (Lipinski definition) is 7. The number of amides is 1. The third-order valence-corrected chi connectivity index (χ3v) is 8.77. The van der Waals surface area contributed by atoms with Crippen LogP contribution in [-0.2, 0) is 49.0 Å². The number of pyridine rings is 2. The number of fused-ring (bicyclic) bond motifs is 5. The van der Waals surface area contributed by atoms with Gasteiger partial charge in [0.05, 0.1) is 35.1 Å². The first-order chi connectivity index (χ1) is 19.5. The van der Waals surface area contributed by atoms with Gasteiger partial charge in [-0.1, -0.05) is 13.0 Å². The molecule has 6 rings (SSSR count). The summed E-state index contributed by atoms with van der Waals surface area (Å²) in [5, 5.41) is 3.82. The highest BCUT2D eigenvalue weighted by atomic mass is 19.1.